The smallest absolute Gasteiger partial charge is 0.143 e. The summed E-state index contributed by atoms with van der Waals surface area (Å²) >= 11 is 0. The van der Waals surface area contributed by atoms with Crippen LogP contribution in [0.15, 0.2) is 180 Å². The molecule has 0 saturated heterocycles. The topological polar surface area (TPSA) is 16.4 Å². The Bertz CT molecular complexity index is 3090. The highest BCUT2D eigenvalue weighted by atomic mass is 16.3. The molecule has 9 aromatic carbocycles. The Hall–Kier alpha value is -6.64. The lowest BCUT2D eigenvalue weighted by molar-refractivity contribution is 0.660. The van der Waals surface area contributed by atoms with Crippen molar-refractivity contribution < 1.29 is 4.42 Å². The third kappa shape index (κ3) is 4.39. The van der Waals surface area contributed by atoms with E-state index >= 15 is 0 Å². The van der Waals surface area contributed by atoms with Crippen molar-refractivity contribution in [2.45, 2.75) is 19.3 Å². The van der Waals surface area contributed by atoms with Crippen molar-refractivity contribution in [3.63, 3.8) is 0 Å². The van der Waals surface area contributed by atoms with Crippen molar-refractivity contribution in [2.75, 3.05) is 4.90 Å². The molecule has 10 aromatic rings. The van der Waals surface area contributed by atoms with Gasteiger partial charge in [-0.2, -0.15) is 0 Å². The van der Waals surface area contributed by atoms with E-state index in [1.807, 2.05) is 0 Å². The predicted octanol–water partition coefficient (Wildman–Crippen LogP) is 14.5. The number of benzene rings is 9. The standard InChI is InChI=1S/C51H35NO/c1-51(2)45-23-13-12-21-40(45)41-26-24-35(30-46(41)51)52(47-29-34-17-6-8-18-37(34)39-20-10-11-22-42(39)47)36-25-27-43-44-28-33-16-7-9-19-38(33)49(32-14-4-3-5-15-32)50(44)53-48(43)31-36/h3-31H,1-2H3. The molecule has 0 saturated carbocycles. The van der Waals surface area contributed by atoms with Crippen LogP contribution in [0.2, 0.25) is 0 Å². The fourth-order valence-electron chi connectivity index (χ4n) is 9.07. The molecular weight excluding hydrogens is 643 g/mol. The number of hydrogen-bond donors (Lipinski definition) is 0. The quantitative estimate of drug-likeness (QED) is 0.172. The molecule has 1 heterocycles. The van der Waals surface area contributed by atoms with Crippen LogP contribution in [-0.4, -0.2) is 0 Å². The van der Waals surface area contributed by atoms with E-state index in [2.05, 4.69) is 195 Å². The third-order valence-electron chi connectivity index (χ3n) is 11.6. The van der Waals surface area contributed by atoms with Gasteiger partial charge in [0.15, 0.2) is 0 Å². The molecule has 1 aliphatic carbocycles. The highest BCUT2D eigenvalue weighted by Gasteiger charge is 2.36. The van der Waals surface area contributed by atoms with E-state index in [0.29, 0.717) is 0 Å². The van der Waals surface area contributed by atoms with Gasteiger partial charge in [0.1, 0.15) is 11.2 Å². The lowest BCUT2D eigenvalue weighted by Gasteiger charge is -2.29. The van der Waals surface area contributed by atoms with E-state index in [1.54, 1.807) is 0 Å². The highest BCUT2D eigenvalue weighted by Crippen LogP contribution is 2.52. The first-order valence-electron chi connectivity index (χ1n) is 18.4. The van der Waals surface area contributed by atoms with Crippen LogP contribution in [0.4, 0.5) is 17.1 Å². The van der Waals surface area contributed by atoms with Gasteiger partial charge in [-0.25, -0.2) is 0 Å². The molecular formula is C51H35NO. The maximum absolute atomic E-state index is 6.99. The minimum Gasteiger partial charge on any atom is -0.455 e. The second-order valence-corrected chi connectivity index (χ2v) is 14.9. The summed E-state index contributed by atoms with van der Waals surface area (Å²) in [7, 11) is 0. The van der Waals surface area contributed by atoms with Gasteiger partial charge in [-0.3, -0.25) is 0 Å². The normalized spacial score (nSPS) is 13.2. The Labute approximate surface area is 308 Å². The zero-order valence-corrected chi connectivity index (χ0v) is 29.6. The van der Waals surface area contributed by atoms with Crippen molar-refractivity contribution in [3.8, 4) is 22.3 Å². The maximum Gasteiger partial charge on any atom is 0.143 e. The average molecular weight is 678 g/mol. The summed E-state index contributed by atoms with van der Waals surface area (Å²) in [5, 5.41) is 9.55. The number of rotatable bonds is 4. The fourth-order valence-corrected chi connectivity index (χ4v) is 9.07. The summed E-state index contributed by atoms with van der Waals surface area (Å²) in [4.78, 5) is 2.44. The monoisotopic (exact) mass is 677 g/mol. The Balaban J connectivity index is 1.19. The van der Waals surface area contributed by atoms with Gasteiger partial charge in [-0.15, -0.1) is 0 Å². The van der Waals surface area contributed by atoms with E-state index in [-0.39, 0.29) is 5.41 Å². The lowest BCUT2D eigenvalue weighted by Crippen LogP contribution is -2.16. The van der Waals surface area contributed by atoms with Crippen LogP contribution in [0.3, 0.4) is 0 Å². The zero-order chi connectivity index (χ0) is 35.3. The first kappa shape index (κ1) is 30.0. The number of furan rings is 1. The molecule has 0 amide bonds. The van der Waals surface area contributed by atoms with Crippen molar-refractivity contribution in [2.24, 2.45) is 0 Å². The number of anilines is 3. The summed E-state index contributed by atoms with van der Waals surface area (Å²) < 4.78 is 6.99. The summed E-state index contributed by atoms with van der Waals surface area (Å²) in [6, 6.07) is 64.1. The van der Waals surface area contributed by atoms with E-state index < -0.39 is 0 Å². The Morgan fingerprint density at radius 1 is 0.434 bits per heavy atom. The molecule has 2 heteroatoms. The summed E-state index contributed by atoms with van der Waals surface area (Å²) in [5.41, 5.74) is 12.6. The molecule has 53 heavy (non-hydrogen) atoms. The van der Waals surface area contributed by atoms with Crippen LogP contribution in [0, 0.1) is 0 Å². The Kier molecular flexibility index (Phi) is 6.33. The molecule has 0 radical (unpaired) electrons. The average Bonchev–Trinajstić information content (AvgIpc) is 3.68. The Morgan fingerprint density at radius 2 is 1.06 bits per heavy atom. The van der Waals surface area contributed by atoms with Crippen molar-refractivity contribution >= 4 is 71.3 Å². The predicted molar refractivity (Wildman–Crippen MR) is 224 cm³/mol. The molecule has 0 fully saturated rings. The van der Waals surface area contributed by atoms with Crippen LogP contribution in [0.25, 0.3) is 76.5 Å². The van der Waals surface area contributed by atoms with Crippen molar-refractivity contribution in [3.05, 3.63) is 187 Å². The van der Waals surface area contributed by atoms with Gasteiger partial charge in [0.05, 0.1) is 5.69 Å². The first-order chi connectivity index (χ1) is 26.0. The van der Waals surface area contributed by atoms with Gasteiger partial charge in [-0.05, 0) is 91.1 Å². The minimum absolute atomic E-state index is 0.127. The molecule has 0 aliphatic heterocycles. The summed E-state index contributed by atoms with van der Waals surface area (Å²) in [6.07, 6.45) is 0. The molecule has 0 unspecified atom stereocenters. The second-order valence-electron chi connectivity index (χ2n) is 14.9. The van der Waals surface area contributed by atoms with Gasteiger partial charge in [0.25, 0.3) is 0 Å². The summed E-state index contributed by atoms with van der Waals surface area (Å²) in [6.45, 7) is 4.71. The van der Waals surface area contributed by atoms with E-state index in [0.717, 1.165) is 50.1 Å². The molecule has 11 rings (SSSR count). The second kappa shape index (κ2) is 11.2. The van der Waals surface area contributed by atoms with Gasteiger partial charge in [0, 0.05) is 44.6 Å². The molecule has 0 atom stereocenters. The molecule has 250 valence electrons. The van der Waals surface area contributed by atoms with Gasteiger partial charge >= 0.3 is 0 Å². The summed E-state index contributed by atoms with van der Waals surface area (Å²) in [5.74, 6) is 0. The first-order valence-corrected chi connectivity index (χ1v) is 18.4. The van der Waals surface area contributed by atoms with Crippen LogP contribution < -0.4 is 4.90 Å². The van der Waals surface area contributed by atoms with Crippen LogP contribution in [0.5, 0.6) is 0 Å². The molecule has 2 nitrogen and oxygen atoms in total. The number of fused-ring (bicyclic) bond motifs is 10. The number of nitrogens with zero attached hydrogens (tertiary/aromatic N) is 1. The zero-order valence-electron chi connectivity index (χ0n) is 29.6. The molecule has 1 aromatic heterocycles. The third-order valence-corrected chi connectivity index (χ3v) is 11.6. The van der Waals surface area contributed by atoms with Crippen LogP contribution in [-0.2, 0) is 5.41 Å². The Morgan fingerprint density at radius 3 is 1.89 bits per heavy atom. The van der Waals surface area contributed by atoms with Gasteiger partial charge in [-0.1, -0.05) is 147 Å². The fraction of sp³-hybridized carbons (Fsp3) is 0.0588. The lowest BCUT2D eigenvalue weighted by atomic mass is 9.82. The van der Waals surface area contributed by atoms with E-state index in [9.17, 15) is 0 Å². The minimum atomic E-state index is -0.127. The molecule has 0 bridgehead atoms. The molecule has 1 aliphatic rings. The molecule has 0 N–H and O–H groups in total. The van der Waals surface area contributed by atoms with E-state index in [1.165, 1.54) is 54.6 Å². The molecule has 0 spiro atoms. The van der Waals surface area contributed by atoms with Crippen molar-refractivity contribution in [1.29, 1.82) is 0 Å². The van der Waals surface area contributed by atoms with Gasteiger partial charge in [0.2, 0.25) is 0 Å². The van der Waals surface area contributed by atoms with Gasteiger partial charge < -0.3 is 9.32 Å². The number of hydrogen-bond acceptors (Lipinski definition) is 2. The maximum atomic E-state index is 6.99. The SMILES string of the molecule is CC1(C)c2ccccc2-c2ccc(N(c3ccc4c(c3)oc3c(-c5ccccc5)c5ccccc5cc34)c3cc4ccccc4c4ccccc34)cc21. The largest absolute Gasteiger partial charge is 0.455 e. The van der Waals surface area contributed by atoms with E-state index in [4.69, 9.17) is 4.42 Å². The van der Waals surface area contributed by atoms with Crippen LogP contribution in [0.1, 0.15) is 25.0 Å². The van der Waals surface area contributed by atoms with Crippen molar-refractivity contribution in [1.82, 2.24) is 0 Å². The highest BCUT2D eigenvalue weighted by molar-refractivity contribution is 6.19. The van der Waals surface area contributed by atoms with Crippen LogP contribution >= 0.6 is 0 Å².